The fraction of sp³-hybridized carbons (Fsp3) is 0.238. The van der Waals surface area contributed by atoms with Gasteiger partial charge >= 0.3 is 12.1 Å². The molecule has 2 aromatic carbocycles. The maximum absolute atomic E-state index is 13.4. The van der Waals surface area contributed by atoms with Crippen LogP contribution in [0.25, 0.3) is 0 Å². The fourth-order valence-corrected chi connectivity index (χ4v) is 3.12. The first kappa shape index (κ1) is 19.4. The van der Waals surface area contributed by atoms with E-state index < -0.39 is 0 Å². The standard InChI is InChI=1S/C21H23FN4O2/c1-2-10-23-20(27)24-18-8-4-9-19(14-18)26-12-5-11-25(21(26)28)15-16-6-3-7-17(22)13-16/h2-4,6-9,13-14H,1,5,10-12,15H2,(H2,23,24,27). The summed E-state index contributed by atoms with van der Waals surface area (Å²) in [5.41, 5.74) is 2.05. The molecular formula is C21H23FN4O2. The number of urea groups is 2. The van der Waals surface area contributed by atoms with Gasteiger partial charge in [0.25, 0.3) is 0 Å². The maximum atomic E-state index is 13.4. The normalized spacial score (nSPS) is 14.0. The van der Waals surface area contributed by atoms with Gasteiger partial charge in [0.05, 0.1) is 0 Å². The zero-order valence-corrected chi connectivity index (χ0v) is 15.5. The second kappa shape index (κ2) is 9.03. The number of amides is 4. The second-order valence-electron chi connectivity index (χ2n) is 6.51. The number of hydrogen-bond donors (Lipinski definition) is 2. The lowest BCUT2D eigenvalue weighted by Crippen LogP contribution is -2.49. The zero-order chi connectivity index (χ0) is 19.9. The van der Waals surface area contributed by atoms with Crippen LogP contribution in [0.5, 0.6) is 0 Å². The molecule has 0 bridgehead atoms. The quantitative estimate of drug-likeness (QED) is 0.743. The largest absolute Gasteiger partial charge is 0.334 e. The minimum absolute atomic E-state index is 0.135. The minimum Gasteiger partial charge on any atom is -0.334 e. The topological polar surface area (TPSA) is 64.7 Å². The first-order valence-corrected chi connectivity index (χ1v) is 9.13. The van der Waals surface area contributed by atoms with E-state index in [9.17, 15) is 14.0 Å². The van der Waals surface area contributed by atoms with E-state index >= 15 is 0 Å². The molecule has 1 fully saturated rings. The molecule has 0 aromatic heterocycles. The van der Waals surface area contributed by atoms with Crippen molar-refractivity contribution in [3.8, 4) is 0 Å². The number of anilines is 2. The van der Waals surface area contributed by atoms with Crippen molar-refractivity contribution in [2.75, 3.05) is 29.9 Å². The molecule has 1 aliphatic heterocycles. The van der Waals surface area contributed by atoms with Gasteiger partial charge in [0.1, 0.15) is 5.82 Å². The Hall–Kier alpha value is -3.35. The van der Waals surface area contributed by atoms with Gasteiger partial charge in [-0.05, 0) is 42.3 Å². The molecule has 2 N–H and O–H groups in total. The van der Waals surface area contributed by atoms with Crippen LogP contribution in [0.1, 0.15) is 12.0 Å². The summed E-state index contributed by atoms with van der Waals surface area (Å²) in [6, 6.07) is 12.9. The van der Waals surface area contributed by atoms with Crippen molar-refractivity contribution in [1.82, 2.24) is 10.2 Å². The SMILES string of the molecule is C=CCNC(=O)Nc1cccc(N2CCCN(Cc3cccc(F)c3)C2=O)c1. The van der Waals surface area contributed by atoms with E-state index in [-0.39, 0.29) is 17.9 Å². The Bertz CT molecular complexity index is 871. The number of carbonyl (C=O) groups is 2. The highest BCUT2D eigenvalue weighted by atomic mass is 19.1. The number of halogens is 1. The van der Waals surface area contributed by atoms with E-state index in [4.69, 9.17) is 0 Å². The van der Waals surface area contributed by atoms with Crippen LogP contribution in [-0.4, -0.2) is 36.6 Å². The highest BCUT2D eigenvalue weighted by Crippen LogP contribution is 2.24. The van der Waals surface area contributed by atoms with Gasteiger partial charge in [-0.25, -0.2) is 14.0 Å². The molecule has 2 aromatic rings. The lowest BCUT2D eigenvalue weighted by molar-refractivity contribution is 0.192. The van der Waals surface area contributed by atoms with Crippen LogP contribution in [0.4, 0.5) is 25.4 Å². The molecule has 1 saturated heterocycles. The lowest BCUT2D eigenvalue weighted by Gasteiger charge is -2.36. The predicted molar refractivity (Wildman–Crippen MR) is 108 cm³/mol. The Kier molecular flexibility index (Phi) is 6.26. The minimum atomic E-state index is -0.338. The Morgan fingerprint density at radius 2 is 2.00 bits per heavy atom. The van der Waals surface area contributed by atoms with E-state index in [1.54, 1.807) is 40.1 Å². The van der Waals surface area contributed by atoms with Crippen LogP contribution < -0.4 is 15.5 Å². The van der Waals surface area contributed by atoms with Crippen molar-refractivity contribution in [2.24, 2.45) is 0 Å². The molecule has 0 saturated carbocycles. The third-order valence-electron chi connectivity index (χ3n) is 4.40. The van der Waals surface area contributed by atoms with Gasteiger partial charge in [0.2, 0.25) is 0 Å². The molecule has 1 aliphatic rings. The Labute approximate surface area is 163 Å². The van der Waals surface area contributed by atoms with Gasteiger partial charge in [0, 0.05) is 37.6 Å². The Morgan fingerprint density at radius 1 is 1.18 bits per heavy atom. The highest BCUT2D eigenvalue weighted by molar-refractivity contribution is 5.95. The van der Waals surface area contributed by atoms with E-state index in [0.29, 0.717) is 37.6 Å². The highest BCUT2D eigenvalue weighted by Gasteiger charge is 2.27. The Morgan fingerprint density at radius 3 is 2.79 bits per heavy atom. The summed E-state index contributed by atoms with van der Waals surface area (Å²) in [6.07, 6.45) is 2.40. The fourth-order valence-electron chi connectivity index (χ4n) is 3.12. The number of nitrogens with one attached hydrogen (secondary N) is 2. The molecule has 0 radical (unpaired) electrons. The van der Waals surface area contributed by atoms with Gasteiger partial charge in [-0.2, -0.15) is 0 Å². The maximum Gasteiger partial charge on any atom is 0.324 e. The number of hydrogen-bond acceptors (Lipinski definition) is 2. The molecule has 28 heavy (non-hydrogen) atoms. The van der Waals surface area contributed by atoms with Gasteiger partial charge in [0.15, 0.2) is 0 Å². The third kappa shape index (κ3) is 4.88. The smallest absolute Gasteiger partial charge is 0.324 e. The number of benzene rings is 2. The van der Waals surface area contributed by atoms with E-state index in [0.717, 1.165) is 12.0 Å². The molecule has 0 atom stereocenters. The van der Waals surface area contributed by atoms with Gasteiger partial charge in [-0.3, -0.25) is 4.90 Å². The van der Waals surface area contributed by atoms with Crippen LogP contribution >= 0.6 is 0 Å². The Balaban J connectivity index is 1.70. The van der Waals surface area contributed by atoms with Crippen molar-refractivity contribution in [2.45, 2.75) is 13.0 Å². The average Bonchev–Trinajstić information content (AvgIpc) is 2.68. The lowest BCUT2D eigenvalue weighted by atomic mass is 10.1. The van der Waals surface area contributed by atoms with Crippen molar-refractivity contribution in [3.05, 3.63) is 72.6 Å². The molecule has 6 nitrogen and oxygen atoms in total. The summed E-state index contributed by atoms with van der Waals surface area (Å²) in [5.74, 6) is -0.313. The van der Waals surface area contributed by atoms with Crippen LogP contribution in [0.3, 0.4) is 0 Å². The van der Waals surface area contributed by atoms with Crippen molar-refractivity contribution >= 4 is 23.4 Å². The summed E-state index contributed by atoms with van der Waals surface area (Å²) in [7, 11) is 0. The molecule has 4 amide bonds. The van der Waals surface area contributed by atoms with Crippen molar-refractivity contribution in [1.29, 1.82) is 0 Å². The zero-order valence-electron chi connectivity index (χ0n) is 15.5. The van der Waals surface area contributed by atoms with Gasteiger partial charge in [-0.1, -0.05) is 24.3 Å². The monoisotopic (exact) mass is 382 g/mol. The van der Waals surface area contributed by atoms with Gasteiger partial charge in [-0.15, -0.1) is 6.58 Å². The van der Waals surface area contributed by atoms with E-state index in [1.807, 2.05) is 12.1 Å². The molecule has 0 spiro atoms. The van der Waals surface area contributed by atoms with Crippen molar-refractivity contribution in [3.63, 3.8) is 0 Å². The molecule has 7 heteroatoms. The van der Waals surface area contributed by atoms with Crippen molar-refractivity contribution < 1.29 is 14.0 Å². The van der Waals surface area contributed by atoms with Gasteiger partial charge < -0.3 is 15.5 Å². The summed E-state index contributed by atoms with van der Waals surface area (Å²) in [5, 5.41) is 5.38. The molecule has 146 valence electrons. The van der Waals surface area contributed by atoms with Crippen LogP contribution in [0, 0.1) is 5.82 Å². The molecular weight excluding hydrogens is 359 g/mol. The second-order valence-corrected chi connectivity index (χ2v) is 6.51. The van der Waals surface area contributed by atoms with E-state index in [2.05, 4.69) is 17.2 Å². The van der Waals surface area contributed by atoms with Crippen LogP contribution in [0.15, 0.2) is 61.2 Å². The molecule has 1 heterocycles. The molecule has 0 unspecified atom stereocenters. The number of carbonyl (C=O) groups excluding carboxylic acids is 2. The number of nitrogens with zero attached hydrogens (tertiary/aromatic N) is 2. The first-order chi connectivity index (χ1) is 13.6. The summed E-state index contributed by atoms with van der Waals surface area (Å²) in [4.78, 5) is 28.1. The third-order valence-corrected chi connectivity index (χ3v) is 4.40. The molecule has 0 aliphatic carbocycles. The van der Waals surface area contributed by atoms with Crippen LogP contribution in [0.2, 0.25) is 0 Å². The first-order valence-electron chi connectivity index (χ1n) is 9.13. The summed E-state index contributed by atoms with van der Waals surface area (Å²) < 4.78 is 13.4. The summed E-state index contributed by atoms with van der Waals surface area (Å²) >= 11 is 0. The number of rotatable bonds is 6. The average molecular weight is 382 g/mol. The van der Waals surface area contributed by atoms with Crippen LogP contribution in [-0.2, 0) is 6.54 Å². The summed E-state index contributed by atoms with van der Waals surface area (Å²) in [6.45, 7) is 5.48. The molecule has 3 rings (SSSR count). The predicted octanol–water partition coefficient (Wildman–Crippen LogP) is 3.97. The van der Waals surface area contributed by atoms with E-state index in [1.165, 1.54) is 12.1 Å².